The molecular weight excluding hydrogens is 228 g/mol. The van der Waals surface area contributed by atoms with Crippen LogP contribution in [0.5, 0.6) is 0 Å². The van der Waals surface area contributed by atoms with E-state index in [0.717, 1.165) is 12.5 Å². The van der Waals surface area contributed by atoms with Crippen molar-refractivity contribution in [2.45, 2.75) is 6.18 Å². The fraction of sp³-hybridized carbons (Fsp3) is 0.111. The number of halogens is 4. The number of nitrogens with zero attached hydrogens (tertiary/aromatic N) is 2. The molecule has 2 aromatic rings. The van der Waals surface area contributed by atoms with E-state index in [1.54, 1.807) is 0 Å². The average Bonchev–Trinajstić information content (AvgIpc) is 2.69. The molecule has 0 saturated heterocycles. The zero-order valence-electron chi connectivity index (χ0n) is 7.62. The summed E-state index contributed by atoms with van der Waals surface area (Å²) in [6.45, 7) is 0. The van der Waals surface area contributed by atoms with Gasteiger partial charge in [0.2, 0.25) is 12.3 Å². The van der Waals surface area contributed by atoms with Crippen molar-refractivity contribution in [3.05, 3.63) is 36.0 Å². The van der Waals surface area contributed by atoms with E-state index in [9.17, 15) is 17.6 Å². The molecule has 1 aromatic heterocycles. The van der Waals surface area contributed by atoms with E-state index in [4.69, 9.17) is 4.42 Å². The van der Waals surface area contributed by atoms with Gasteiger partial charge in [-0.1, -0.05) is 0 Å². The molecule has 0 aliphatic heterocycles. The van der Waals surface area contributed by atoms with Crippen LogP contribution in [-0.4, -0.2) is 10.2 Å². The van der Waals surface area contributed by atoms with Gasteiger partial charge >= 0.3 is 6.18 Å². The Kier molecular flexibility index (Phi) is 2.37. The van der Waals surface area contributed by atoms with Gasteiger partial charge in [0.25, 0.3) is 0 Å². The number of benzene rings is 1. The van der Waals surface area contributed by atoms with Crippen LogP contribution in [0.25, 0.3) is 11.5 Å². The van der Waals surface area contributed by atoms with E-state index in [0.29, 0.717) is 12.1 Å². The third-order valence-corrected chi connectivity index (χ3v) is 1.88. The molecule has 84 valence electrons. The summed E-state index contributed by atoms with van der Waals surface area (Å²) in [4.78, 5) is 0. The molecule has 16 heavy (non-hydrogen) atoms. The molecule has 7 heteroatoms. The minimum Gasteiger partial charge on any atom is -0.423 e. The van der Waals surface area contributed by atoms with Crippen molar-refractivity contribution >= 4 is 0 Å². The summed E-state index contributed by atoms with van der Waals surface area (Å²) in [7, 11) is 0. The molecule has 0 N–H and O–H groups in total. The molecule has 1 aromatic carbocycles. The second-order valence-corrected chi connectivity index (χ2v) is 2.94. The first-order chi connectivity index (χ1) is 7.48. The monoisotopic (exact) mass is 232 g/mol. The maximum Gasteiger partial charge on any atom is 0.419 e. The molecule has 0 aliphatic rings. The van der Waals surface area contributed by atoms with Gasteiger partial charge in [-0.05, 0) is 18.2 Å². The van der Waals surface area contributed by atoms with Gasteiger partial charge in [-0.2, -0.15) is 13.2 Å². The van der Waals surface area contributed by atoms with Gasteiger partial charge in [0.15, 0.2) is 0 Å². The highest BCUT2D eigenvalue weighted by Gasteiger charge is 2.34. The van der Waals surface area contributed by atoms with Crippen molar-refractivity contribution in [3.8, 4) is 11.5 Å². The Labute approximate surface area is 86.7 Å². The largest absolute Gasteiger partial charge is 0.423 e. The normalized spacial score (nSPS) is 11.8. The Morgan fingerprint density at radius 2 is 1.94 bits per heavy atom. The highest BCUT2D eigenvalue weighted by Crippen LogP contribution is 2.33. The Bertz CT molecular complexity index is 493. The summed E-state index contributed by atoms with van der Waals surface area (Å²) >= 11 is 0. The van der Waals surface area contributed by atoms with Crippen LogP contribution in [0.3, 0.4) is 0 Å². The SMILES string of the molecule is Fc1ccc(-c2nnco2)cc1C(F)(F)F. The van der Waals surface area contributed by atoms with Gasteiger partial charge in [0.1, 0.15) is 5.82 Å². The van der Waals surface area contributed by atoms with Crippen LogP contribution in [0, 0.1) is 5.82 Å². The molecule has 1 heterocycles. The molecule has 2 rings (SSSR count). The maximum absolute atomic E-state index is 12.9. The highest BCUT2D eigenvalue weighted by atomic mass is 19.4. The fourth-order valence-corrected chi connectivity index (χ4v) is 1.17. The Morgan fingerprint density at radius 3 is 2.50 bits per heavy atom. The molecule has 0 bridgehead atoms. The van der Waals surface area contributed by atoms with Gasteiger partial charge in [-0.25, -0.2) is 4.39 Å². The minimum absolute atomic E-state index is 0.0197. The maximum atomic E-state index is 12.9. The average molecular weight is 232 g/mol. The lowest BCUT2D eigenvalue weighted by atomic mass is 10.1. The Morgan fingerprint density at radius 1 is 1.19 bits per heavy atom. The quantitative estimate of drug-likeness (QED) is 0.709. The van der Waals surface area contributed by atoms with Crippen molar-refractivity contribution in [1.29, 1.82) is 0 Å². The van der Waals surface area contributed by atoms with Crippen LogP contribution in [0.4, 0.5) is 17.6 Å². The smallest absolute Gasteiger partial charge is 0.419 e. The van der Waals surface area contributed by atoms with Crippen LogP contribution in [-0.2, 0) is 6.18 Å². The second kappa shape index (κ2) is 3.58. The van der Waals surface area contributed by atoms with E-state index in [1.165, 1.54) is 0 Å². The van der Waals surface area contributed by atoms with Gasteiger partial charge < -0.3 is 4.42 Å². The molecule has 0 unspecified atom stereocenters. The van der Waals surface area contributed by atoms with E-state index in [2.05, 4.69) is 10.2 Å². The van der Waals surface area contributed by atoms with Crippen molar-refractivity contribution in [2.75, 3.05) is 0 Å². The lowest BCUT2D eigenvalue weighted by molar-refractivity contribution is -0.139. The van der Waals surface area contributed by atoms with E-state index in [1.807, 2.05) is 0 Å². The van der Waals surface area contributed by atoms with Gasteiger partial charge in [0.05, 0.1) is 5.56 Å². The van der Waals surface area contributed by atoms with Crippen molar-refractivity contribution < 1.29 is 22.0 Å². The van der Waals surface area contributed by atoms with Gasteiger partial charge in [-0.3, -0.25) is 0 Å². The molecule has 0 aliphatic carbocycles. The number of aromatic nitrogens is 2. The molecule has 0 atom stereocenters. The second-order valence-electron chi connectivity index (χ2n) is 2.94. The predicted octanol–water partition coefficient (Wildman–Crippen LogP) is 2.89. The molecule has 0 fully saturated rings. The Balaban J connectivity index is 2.52. The van der Waals surface area contributed by atoms with Crippen LogP contribution >= 0.6 is 0 Å². The summed E-state index contributed by atoms with van der Waals surface area (Å²) in [5, 5.41) is 6.75. The molecular formula is C9H4F4N2O. The number of alkyl halides is 3. The number of rotatable bonds is 1. The van der Waals surface area contributed by atoms with Gasteiger partial charge in [-0.15, -0.1) is 10.2 Å². The first kappa shape index (κ1) is 10.6. The summed E-state index contributed by atoms with van der Waals surface area (Å²) in [5.74, 6) is -1.43. The van der Waals surface area contributed by atoms with Crippen LogP contribution in [0.2, 0.25) is 0 Å². The van der Waals surface area contributed by atoms with E-state index >= 15 is 0 Å². The zero-order chi connectivity index (χ0) is 11.8. The molecule has 0 radical (unpaired) electrons. The predicted molar refractivity (Wildman–Crippen MR) is 44.7 cm³/mol. The molecule has 0 saturated carbocycles. The number of hydrogen-bond acceptors (Lipinski definition) is 3. The minimum atomic E-state index is -4.75. The number of hydrogen-bond donors (Lipinski definition) is 0. The molecule has 0 spiro atoms. The van der Waals surface area contributed by atoms with Crippen molar-refractivity contribution in [3.63, 3.8) is 0 Å². The molecule has 0 amide bonds. The van der Waals surface area contributed by atoms with E-state index in [-0.39, 0.29) is 11.5 Å². The van der Waals surface area contributed by atoms with Crippen LogP contribution < -0.4 is 0 Å². The zero-order valence-corrected chi connectivity index (χ0v) is 7.62. The third kappa shape index (κ3) is 1.88. The van der Waals surface area contributed by atoms with Crippen LogP contribution in [0.15, 0.2) is 29.0 Å². The lowest BCUT2D eigenvalue weighted by Crippen LogP contribution is -2.08. The summed E-state index contributed by atoms with van der Waals surface area (Å²) in [5.41, 5.74) is -1.34. The first-order valence-corrected chi connectivity index (χ1v) is 4.12. The van der Waals surface area contributed by atoms with Crippen molar-refractivity contribution in [2.24, 2.45) is 0 Å². The van der Waals surface area contributed by atoms with E-state index < -0.39 is 17.6 Å². The standard InChI is InChI=1S/C9H4F4N2O/c10-7-2-1-5(8-15-14-4-16-8)3-6(7)9(11,12)13/h1-4H. The summed E-state index contributed by atoms with van der Waals surface area (Å²) in [6.07, 6.45) is -3.77. The Hall–Kier alpha value is -1.92. The fourth-order valence-electron chi connectivity index (χ4n) is 1.17. The summed E-state index contributed by atoms with van der Waals surface area (Å²) < 4.78 is 54.7. The molecule has 3 nitrogen and oxygen atoms in total. The van der Waals surface area contributed by atoms with Crippen molar-refractivity contribution in [1.82, 2.24) is 10.2 Å². The summed E-state index contributed by atoms with van der Waals surface area (Å²) in [6, 6.07) is 2.48. The van der Waals surface area contributed by atoms with Gasteiger partial charge in [0, 0.05) is 5.56 Å². The highest BCUT2D eigenvalue weighted by molar-refractivity contribution is 5.54. The van der Waals surface area contributed by atoms with Crippen LogP contribution in [0.1, 0.15) is 5.56 Å². The lowest BCUT2D eigenvalue weighted by Gasteiger charge is -2.08. The first-order valence-electron chi connectivity index (χ1n) is 4.12. The third-order valence-electron chi connectivity index (χ3n) is 1.88. The topological polar surface area (TPSA) is 38.9 Å².